The lowest BCUT2D eigenvalue weighted by Gasteiger charge is -2.44. The molecule has 5 rings (SSSR count). The van der Waals surface area contributed by atoms with Gasteiger partial charge in [0.15, 0.2) is 11.6 Å². The van der Waals surface area contributed by atoms with Gasteiger partial charge in [-0.15, -0.1) is 0 Å². The smallest absolute Gasteiger partial charge is 0.305 e. The first-order valence-corrected chi connectivity index (χ1v) is 13.7. The van der Waals surface area contributed by atoms with E-state index in [1.807, 2.05) is 17.0 Å². The second kappa shape index (κ2) is 11.1. The molecule has 0 radical (unpaired) electrons. The van der Waals surface area contributed by atoms with Crippen LogP contribution in [0.4, 0.5) is 5.69 Å². The molecule has 0 unspecified atom stereocenters. The molecule has 2 aromatic rings. The number of carbonyl (C=O) groups excluding carboxylic acids is 2. The number of nitro groups is 1. The van der Waals surface area contributed by atoms with Gasteiger partial charge in [-0.1, -0.05) is 6.07 Å². The van der Waals surface area contributed by atoms with Crippen LogP contribution < -0.4 is 4.74 Å². The van der Waals surface area contributed by atoms with E-state index in [-0.39, 0.29) is 36.8 Å². The Labute approximate surface area is 233 Å². The quantitative estimate of drug-likeness (QED) is 0.299. The number of ketones is 2. The number of carboxylic acid groups (broad SMARTS) is 1. The number of carbonyl (C=O) groups is 3. The Morgan fingerprint density at radius 3 is 2.15 bits per heavy atom. The number of ether oxygens (including phenoxy) is 1. The molecule has 0 amide bonds. The number of nitrogens with zero attached hydrogens (tertiary/aromatic N) is 2. The van der Waals surface area contributed by atoms with Gasteiger partial charge < -0.3 is 14.7 Å². The highest BCUT2D eigenvalue weighted by Crippen LogP contribution is 2.49. The van der Waals surface area contributed by atoms with Crippen molar-refractivity contribution in [2.45, 2.75) is 57.5 Å². The number of aliphatic carboxylic acids is 1. The predicted molar refractivity (Wildman–Crippen MR) is 145 cm³/mol. The van der Waals surface area contributed by atoms with Crippen LogP contribution in [0.2, 0.25) is 0 Å². The molecule has 2 aliphatic carbocycles. The summed E-state index contributed by atoms with van der Waals surface area (Å²) < 4.78 is 6.61. The van der Waals surface area contributed by atoms with Crippen molar-refractivity contribution in [3.63, 3.8) is 0 Å². The van der Waals surface area contributed by atoms with Crippen LogP contribution in [0.1, 0.15) is 62.0 Å². The highest BCUT2D eigenvalue weighted by molar-refractivity contribution is 9.10. The number of non-ortho nitro benzene ring substituents is 1. The average Bonchev–Trinajstić information content (AvgIpc) is 2.91. The Balaban J connectivity index is 1.48. The Bertz CT molecular complexity index is 1380. The Hall–Kier alpha value is -3.79. The summed E-state index contributed by atoms with van der Waals surface area (Å²) in [4.78, 5) is 50.5. The van der Waals surface area contributed by atoms with Gasteiger partial charge in [-0.25, -0.2) is 0 Å². The molecule has 0 saturated carbocycles. The molecule has 1 aliphatic heterocycles. The van der Waals surface area contributed by atoms with E-state index in [1.165, 1.54) is 12.1 Å². The van der Waals surface area contributed by atoms with Crippen LogP contribution >= 0.6 is 15.9 Å². The molecule has 3 aliphatic rings. The van der Waals surface area contributed by atoms with E-state index in [9.17, 15) is 29.6 Å². The van der Waals surface area contributed by atoms with Crippen molar-refractivity contribution in [3.8, 4) is 5.75 Å². The van der Waals surface area contributed by atoms with E-state index in [0.717, 1.165) is 22.5 Å². The van der Waals surface area contributed by atoms with E-state index in [4.69, 9.17) is 4.74 Å². The molecule has 0 spiro atoms. The highest BCUT2D eigenvalue weighted by Gasteiger charge is 2.43. The van der Waals surface area contributed by atoms with E-state index in [2.05, 4.69) is 15.9 Å². The molecule has 10 heteroatoms. The zero-order valence-corrected chi connectivity index (χ0v) is 22.7. The summed E-state index contributed by atoms with van der Waals surface area (Å²) in [5.41, 5.74) is 4.49. The fraction of sp³-hybridized carbons (Fsp3) is 0.345. The fourth-order valence-electron chi connectivity index (χ4n) is 5.72. The Morgan fingerprint density at radius 1 is 1.00 bits per heavy atom. The van der Waals surface area contributed by atoms with Crippen molar-refractivity contribution in [1.82, 2.24) is 4.90 Å². The highest BCUT2D eigenvalue weighted by atomic mass is 79.9. The normalized spacial score (nSPS) is 17.7. The zero-order chi connectivity index (χ0) is 27.7. The van der Waals surface area contributed by atoms with Crippen LogP contribution in [0.15, 0.2) is 69.5 Å². The SMILES string of the molecule is O=C(O)CCN1C2=C(C(=O)CCC2)C(c2ccc(OCc3ccc([N+](=O)[O-])cc3)c(Br)c2)C2=C1CCCC2=O. The molecular weight excluding hydrogens is 568 g/mol. The molecule has 9 nitrogen and oxygen atoms in total. The van der Waals surface area contributed by atoms with Gasteiger partial charge in [-0.3, -0.25) is 24.5 Å². The number of Topliss-reactive ketones (excluding diaryl/α,β-unsaturated/α-hetero) is 2. The van der Waals surface area contributed by atoms with Crippen molar-refractivity contribution in [2.24, 2.45) is 0 Å². The van der Waals surface area contributed by atoms with Gasteiger partial charge in [-0.05, 0) is 77.0 Å². The summed E-state index contributed by atoms with van der Waals surface area (Å²) >= 11 is 3.58. The number of allylic oxidation sites excluding steroid dienone is 4. The molecule has 39 heavy (non-hydrogen) atoms. The zero-order valence-electron chi connectivity index (χ0n) is 21.2. The van der Waals surface area contributed by atoms with Crippen molar-refractivity contribution in [1.29, 1.82) is 0 Å². The maximum Gasteiger partial charge on any atom is 0.305 e. The lowest BCUT2D eigenvalue weighted by Crippen LogP contribution is -2.39. The second-order valence-corrected chi connectivity index (χ2v) is 10.8. The van der Waals surface area contributed by atoms with Crippen LogP contribution in [0.3, 0.4) is 0 Å². The first-order valence-electron chi connectivity index (χ1n) is 12.9. The van der Waals surface area contributed by atoms with Gasteiger partial charge >= 0.3 is 5.97 Å². The summed E-state index contributed by atoms with van der Waals surface area (Å²) in [6, 6.07) is 11.7. The lowest BCUT2D eigenvalue weighted by atomic mass is 9.71. The first-order chi connectivity index (χ1) is 18.7. The maximum atomic E-state index is 13.3. The van der Waals surface area contributed by atoms with Gasteiger partial charge in [0.2, 0.25) is 0 Å². The Kier molecular flexibility index (Phi) is 7.65. The van der Waals surface area contributed by atoms with Crippen molar-refractivity contribution in [3.05, 3.63) is 90.7 Å². The lowest BCUT2D eigenvalue weighted by molar-refractivity contribution is -0.384. The number of nitro benzene ring substituents is 1. The summed E-state index contributed by atoms with van der Waals surface area (Å²) in [6.45, 7) is 0.443. The first kappa shape index (κ1) is 26.8. The van der Waals surface area contributed by atoms with Crippen molar-refractivity contribution >= 4 is 39.2 Å². The second-order valence-electron chi connectivity index (χ2n) is 9.90. The van der Waals surface area contributed by atoms with Gasteiger partial charge in [0.1, 0.15) is 12.4 Å². The molecule has 0 saturated heterocycles. The minimum atomic E-state index is -0.918. The number of carboxylic acids is 1. The number of hydrogen-bond acceptors (Lipinski definition) is 7. The van der Waals surface area contributed by atoms with Crippen LogP contribution in [-0.2, 0) is 21.0 Å². The number of benzene rings is 2. The third kappa shape index (κ3) is 5.38. The maximum absolute atomic E-state index is 13.3. The fourth-order valence-corrected chi connectivity index (χ4v) is 6.23. The topological polar surface area (TPSA) is 127 Å². The van der Waals surface area contributed by atoms with Crippen LogP contribution in [0.5, 0.6) is 5.75 Å². The van der Waals surface area contributed by atoms with E-state index in [0.29, 0.717) is 59.9 Å². The number of halogens is 1. The summed E-state index contributed by atoms with van der Waals surface area (Å²) in [7, 11) is 0. The molecule has 202 valence electrons. The van der Waals surface area contributed by atoms with Crippen LogP contribution in [0, 0.1) is 10.1 Å². The molecule has 0 bridgehead atoms. The molecule has 1 N–H and O–H groups in total. The molecular formula is C29H27BrN2O7. The van der Waals surface area contributed by atoms with Gasteiger partial charge in [0.05, 0.1) is 15.8 Å². The monoisotopic (exact) mass is 594 g/mol. The van der Waals surface area contributed by atoms with Crippen LogP contribution in [0.25, 0.3) is 0 Å². The molecule has 1 heterocycles. The largest absolute Gasteiger partial charge is 0.488 e. The predicted octanol–water partition coefficient (Wildman–Crippen LogP) is 5.82. The van der Waals surface area contributed by atoms with Crippen molar-refractivity contribution < 1.29 is 29.2 Å². The molecule has 0 aromatic heterocycles. The van der Waals surface area contributed by atoms with Gasteiger partial charge in [0, 0.05) is 60.0 Å². The third-order valence-corrected chi connectivity index (χ3v) is 8.09. The standard InChI is InChI=1S/C29H27BrN2O7/c30-20-15-18(9-12-25(20)39-16-17-7-10-19(11-8-17)32(37)38)27-28-21(3-1-5-23(28)33)31(14-13-26(35)36)22-4-2-6-24(34)29(22)27/h7-12,15,27H,1-6,13-14,16H2,(H,35,36). The van der Waals surface area contributed by atoms with Gasteiger partial charge in [-0.2, -0.15) is 0 Å². The number of hydrogen-bond donors (Lipinski definition) is 1. The van der Waals surface area contributed by atoms with E-state index >= 15 is 0 Å². The van der Waals surface area contributed by atoms with E-state index in [1.54, 1.807) is 18.2 Å². The third-order valence-electron chi connectivity index (χ3n) is 7.47. The summed E-state index contributed by atoms with van der Waals surface area (Å²) in [6.07, 6.45) is 3.45. The summed E-state index contributed by atoms with van der Waals surface area (Å²) in [5, 5.41) is 20.2. The molecule has 0 atom stereocenters. The van der Waals surface area contributed by atoms with Crippen LogP contribution in [-0.4, -0.2) is 39.0 Å². The molecule has 2 aromatic carbocycles. The average molecular weight is 595 g/mol. The van der Waals surface area contributed by atoms with Crippen molar-refractivity contribution in [2.75, 3.05) is 6.54 Å². The minimum absolute atomic E-state index is 0.00104. The summed E-state index contributed by atoms with van der Waals surface area (Å²) in [5.74, 6) is -0.859. The molecule has 0 fully saturated rings. The van der Waals surface area contributed by atoms with E-state index < -0.39 is 16.8 Å². The minimum Gasteiger partial charge on any atom is -0.488 e. The Morgan fingerprint density at radius 2 is 1.62 bits per heavy atom. The number of rotatable bonds is 8. The van der Waals surface area contributed by atoms with Gasteiger partial charge in [0.25, 0.3) is 5.69 Å².